The van der Waals surface area contributed by atoms with E-state index in [1.54, 1.807) is 0 Å². The van der Waals surface area contributed by atoms with Crippen LogP contribution in [0.4, 0.5) is 0 Å². The summed E-state index contributed by atoms with van der Waals surface area (Å²) in [6, 6.07) is 61.4. The number of nitrogens with zero attached hydrogens (tertiary/aromatic N) is 4. The van der Waals surface area contributed by atoms with Crippen molar-refractivity contribution in [2.75, 3.05) is 0 Å². The minimum absolute atomic E-state index is 0.554. The predicted molar refractivity (Wildman–Crippen MR) is 210 cm³/mol. The number of fused-ring (bicyclic) bond motifs is 7. The first-order valence-electron chi connectivity index (χ1n) is 17.1. The summed E-state index contributed by atoms with van der Waals surface area (Å²) >= 11 is 0. The number of hydrogen-bond donors (Lipinski definition) is 0. The first kappa shape index (κ1) is 28.9. The Hall–Kier alpha value is -7.09. The number of para-hydroxylation sites is 1. The van der Waals surface area contributed by atoms with Gasteiger partial charge in [-0.05, 0) is 75.1 Å². The highest BCUT2D eigenvalue weighted by Gasteiger charge is 2.19. The number of benzene rings is 8. The van der Waals surface area contributed by atoms with Crippen LogP contribution < -0.4 is 0 Å². The Labute approximate surface area is 294 Å². The number of aromatic nitrogens is 3. The lowest BCUT2D eigenvalue weighted by Crippen LogP contribution is -2.00. The SMILES string of the molecule is N#Cc1cc(-c2nc(-c3ccc(-c4ccccc4)cc3)c3ccccc3n2)ccc1-n1c2cc3ccccc3cc2c2c3ccccc3ccc21. The summed E-state index contributed by atoms with van der Waals surface area (Å²) in [5, 5.41) is 18.7. The van der Waals surface area contributed by atoms with Crippen LogP contribution in [-0.2, 0) is 0 Å². The zero-order valence-corrected chi connectivity index (χ0v) is 27.5. The van der Waals surface area contributed by atoms with Gasteiger partial charge in [-0.15, -0.1) is 0 Å². The van der Waals surface area contributed by atoms with Crippen molar-refractivity contribution in [2.24, 2.45) is 0 Å². The normalized spacial score (nSPS) is 11.5. The first-order chi connectivity index (χ1) is 25.2. The molecule has 0 aliphatic rings. The Bertz CT molecular complexity index is 3020. The molecule has 51 heavy (non-hydrogen) atoms. The van der Waals surface area contributed by atoms with Crippen LogP contribution in [0.2, 0.25) is 0 Å². The molecule has 4 heteroatoms. The van der Waals surface area contributed by atoms with Crippen LogP contribution in [0.3, 0.4) is 0 Å². The summed E-state index contributed by atoms with van der Waals surface area (Å²) in [6.07, 6.45) is 0. The molecule has 10 aromatic rings. The summed E-state index contributed by atoms with van der Waals surface area (Å²) in [5.74, 6) is 0.582. The van der Waals surface area contributed by atoms with E-state index >= 15 is 0 Å². The predicted octanol–water partition coefficient (Wildman–Crippen LogP) is 11.9. The highest BCUT2D eigenvalue weighted by atomic mass is 15.0. The van der Waals surface area contributed by atoms with Crippen LogP contribution in [0.1, 0.15) is 5.56 Å². The maximum absolute atomic E-state index is 10.7. The third-order valence-electron chi connectivity index (χ3n) is 10.0. The number of nitriles is 1. The lowest BCUT2D eigenvalue weighted by Gasteiger charge is -2.13. The van der Waals surface area contributed by atoms with Gasteiger partial charge in [0.2, 0.25) is 0 Å². The molecule has 0 unspecified atom stereocenters. The van der Waals surface area contributed by atoms with E-state index < -0.39 is 0 Å². The van der Waals surface area contributed by atoms with Crippen molar-refractivity contribution in [3.63, 3.8) is 0 Å². The fourth-order valence-corrected chi connectivity index (χ4v) is 7.57. The van der Waals surface area contributed by atoms with E-state index in [1.807, 2.05) is 42.5 Å². The molecule has 4 nitrogen and oxygen atoms in total. The van der Waals surface area contributed by atoms with E-state index in [2.05, 4.69) is 138 Å². The molecule has 0 bridgehead atoms. The molecule has 0 saturated heterocycles. The number of rotatable bonds is 4. The van der Waals surface area contributed by atoms with Crippen LogP contribution in [0.5, 0.6) is 0 Å². The summed E-state index contributed by atoms with van der Waals surface area (Å²) in [7, 11) is 0. The van der Waals surface area contributed by atoms with E-state index in [0.29, 0.717) is 11.4 Å². The zero-order chi connectivity index (χ0) is 33.9. The van der Waals surface area contributed by atoms with Gasteiger partial charge in [-0.25, -0.2) is 9.97 Å². The Morgan fingerprint density at radius 2 is 1.10 bits per heavy atom. The Morgan fingerprint density at radius 3 is 1.90 bits per heavy atom. The fraction of sp³-hybridized carbons (Fsp3) is 0. The summed E-state index contributed by atoms with van der Waals surface area (Å²) in [4.78, 5) is 10.2. The molecule has 10 rings (SSSR count). The smallest absolute Gasteiger partial charge is 0.160 e. The average Bonchev–Trinajstić information content (AvgIpc) is 3.53. The second-order valence-corrected chi connectivity index (χ2v) is 12.9. The van der Waals surface area contributed by atoms with Crippen molar-refractivity contribution in [1.82, 2.24) is 14.5 Å². The molecule has 2 aromatic heterocycles. The van der Waals surface area contributed by atoms with Crippen LogP contribution in [0, 0.1) is 11.3 Å². The van der Waals surface area contributed by atoms with Crippen LogP contribution in [0.15, 0.2) is 170 Å². The minimum atomic E-state index is 0.554. The van der Waals surface area contributed by atoms with Crippen LogP contribution in [-0.4, -0.2) is 14.5 Å². The molecule has 2 heterocycles. The maximum atomic E-state index is 10.7. The summed E-state index contributed by atoms with van der Waals surface area (Å²) < 4.78 is 2.24. The summed E-state index contributed by atoms with van der Waals surface area (Å²) in [6.45, 7) is 0. The lowest BCUT2D eigenvalue weighted by molar-refractivity contribution is 1.16. The summed E-state index contributed by atoms with van der Waals surface area (Å²) in [5.41, 5.74) is 9.34. The molecule has 0 aliphatic carbocycles. The van der Waals surface area contributed by atoms with Crippen molar-refractivity contribution in [3.05, 3.63) is 175 Å². The van der Waals surface area contributed by atoms with E-state index in [0.717, 1.165) is 60.8 Å². The van der Waals surface area contributed by atoms with Gasteiger partial charge >= 0.3 is 0 Å². The fourth-order valence-electron chi connectivity index (χ4n) is 7.57. The molecule has 0 fully saturated rings. The number of hydrogen-bond acceptors (Lipinski definition) is 3. The van der Waals surface area contributed by atoms with E-state index in [9.17, 15) is 5.26 Å². The topological polar surface area (TPSA) is 54.5 Å². The van der Waals surface area contributed by atoms with Crippen molar-refractivity contribution in [2.45, 2.75) is 0 Å². The molecule has 0 amide bonds. The molecule has 236 valence electrons. The monoisotopic (exact) mass is 648 g/mol. The maximum Gasteiger partial charge on any atom is 0.160 e. The molecule has 8 aromatic carbocycles. The molecule has 0 spiro atoms. The Kier molecular flexibility index (Phi) is 6.52. The molecule has 0 N–H and O–H groups in total. The molecular weight excluding hydrogens is 621 g/mol. The third-order valence-corrected chi connectivity index (χ3v) is 10.0. The average molecular weight is 649 g/mol. The molecule has 0 radical (unpaired) electrons. The van der Waals surface area contributed by atoms with E-state index in [1.165, 1.54) is 27.1 Å². The second kappa shape index (κ2) is 11.5. The van der Waals surface area contributed by atoms with Gasteiger partial charge in [0, 0.05) is 27.3 Å². The van der Waals surface area contributed by atoms with Gasteiger partial charge < -0.3 is 4.57 Å². The lowest BCUT2D eigenvalue weighted by atomic mass is 10.0. The third kappa shape index (κ3) is 4.68. The van der Waals surface area contributed by atoms with E-state index in [4.69, 9.17) is 9.97 Å². The van der Waals surface area contributed by atoms with Crippen molar-refractivity contribution in [1.29, 1.82) is 5.26 Å². The second-order valence-electron chi connectivity index (χ2n) is 12.9. The first-order valence-corrected chi connectivity index (χ1v) is 17.1. The van der Waals surface area contributed by atoms with Gasteiger partial charge in [-0.3, -0.25) is 0 Å². The quantitative estimate of drug-likeness (QED) is 0.191. The Balaban J connectivity index is 1.16. The molecule has 0 atom stereocenters. The highest BCUT2D eigenvalue weighted by Crippen LogP contribution is 2.40. The van der Waals surface area contributed by atoms with Gasteiger partial charge in [0.1, 0.15) is 6.07 Å². The minimum Gasteiger partial charge on any atom is -0.308 e. The van der Waals surface area contributed by atoms with Gasteiger partial charge in [-0.2, -0.15) is 5.26 Å². The molecule has 0 aliphatic heterocycles. The van der Waals surface area contributed by atoms with Crippen molar-refractivity contribution < 1.29 is 0 Å². The van der Waals surface area contributed by atoms with Crippen LogP contribution >= 0.6 is 0 Å². The van der Waals surface area contributed by atoms with Gasteiger partial charge in [0.15, 0.2) is 5.82 Å². The molecule has 0 saturated carbocycles. The molecular formula is C47H28N4. The zero-order valence-electron chi connectivity index (χ0n) is 27.5. The van der Waals surface area contributed by atoms with Crippen LogP contribution in [0.25, 0.3) is 93.7 Å². The van der Waals surface area contributed by atoms with E-state index in [-0.39, 0.29) is 0 Å². The Morgan fingerprint density at radius 1 is 0.451 bits per heavy atom. The van der Waals surface area contributed by atoms with Gasteiger partial charge in [0.25, 0.3) is 0 Å². The van der Waals surface area contributed by atoms with Crippen molar-refractivity contribution in [3.8, 4) is 45.5 Å². The van der Waals surface area contributed by atoms with Gasteiger partial charge in [-0.1, -0.05) is 127 Å². The standard InChI is InChI=1S/C47H28N4/c48-29-37-26-36(47-49-41-17-9-8-16-39(41)46(50-47)33-20-18-31(19-21-33)30-10-2-1-3-11-30)23-24-42(37)51-43-25-22-32-12-6-7-15-38(32)45(43)40-27-34-13-4-5-14-35(34)28-44(40)51/h1-28H. The highest BCUT2D eigenvalue weighted by molar-refractivity contribution is 6.23. The van der Waals surface area contributed by atoms with Crippen molar-refractivity contribution >= 4 is 54.3 Å². The van der Waals surface area contributed by atoms with Gasteiger partial charge in [0.05, 0.1) is 33.5 Å². The largest absolute Gasteiger partial charge is 0.308 e.